The van der Waals surface area contributed by atoms with Crippen LogP contribution in [0, 0.1) is 24.6 Å². The summed E-state index contributed by atoms with van der Waals surface area (Å²) in [5.74, 6) is 0.438. The number of halogens is 1. The fraction of sp³-hybridized carbons (Fsp3) is 0.481. The van der Waals surface area contributed by atoms with E-state index in [1.807, 2.05) is 44.7 Å². The highest BCUT2D eigenvalue weighted by Gasteiger charge is 2.31. The normalized spacial score (nSPS) is 25.3. The molecule has 7 nitrogen and oxygen atoms in total. The molecule has 3 atom stereocenters. The second-order valence-corrected chi connectivity index (χ2v) is 11.8. The van der Waals surface area contributed by atoms with E-state index in [1.165, 1.54) is 12.1 Å². The third-order valence-corrected chi connectivity index (χ3v) is 8.93. The van der Waals surface area contributed by atoms with E-state index in [4.69, 9.17) is 0 Å². The number of imidazole rings is 1. The van der Waals surface area contributed by atoms with E-state index in [-0.39, 0.29) is 46.5 Å². The van der Waals surface area contributed by atoms with Crippen molar-refractivity contribution >= 4 is 15.9 Å². The van der Waals surface area contributed by atoms with Crippen LogP contribution in [0.2, 0.25) is 0 Å². The van der Waals surface area contributed by atoms with Gasteiger partial charge in [-0.3, -0.25) is 4.79 Å². The van der Waals surface area contributed by atoms with Gasteiger partial charge < -0.3 is 9.88 Å². The number of rotatable bonds is 7. The van der Waals surface area contributed by atoms with Crippen LogP contribution >= 0.6 is 0 Å². The van der Waals surface area contributed by atoms with Crippen molar-refractivity contribution in [3.05, 3.63) is 76.5 Å². The summed E-state index contributed by atoms with van der Waals surface area (Å²) >= 11 is 0. The van der Waals surface area contributed by atoms with Gasteiger partial charge in [0.05, 0.1) is 16.6 Å². The van der Waals surface area contributed by atoms with E-state index in [1.54, 1.807) is 24.3 Å². The first kappa shape index (κ1) is 26.3. The van der Waals surface area contributed by atoms with Crippen LogP contribution in [-0.2, 0) is 21.9 Å². The molecule has 1 heterocycles. The van der Waals surface area contributed by atoms with E-state index in [9.17, 15) is 17.6 Å². The van der Waals surface area contributed by atoms with Gasteiger partial charge in [-0.2, -0.15) is 0 Å². The minimum atomic E-state index is -3.65. The first-order valence-electron chi connectivity index (χ1n) is 12.5. The van der Waals surface area contributed by atoms with Crippen molar-refractivity contribution in [2.24, 2.45) is 18.9 Å². The highest BCUT2D eigenvalue weighted by molar-refractivity contribution is 7.93. The van der Waals surface area contributed by atoms with Gasteiger partial charge >= 0.3 is 0 Å². The second kappa shape index (κ2) is 10.7. The maximum atomic E-state index is 13.2. The first-order chi connectivity index (χ1) is 17.0. The van der Waals surface area contributed by atoms with Gasteiger partial charge in [-0.05, 0) is 69.2 Å². The lowest BCUT2D eigenvalue weighted by molar-refractivity contribution is -0.126. The molecule has 9 heteroatoms. The van der Waals surface area contributed by atoms with Crippen LogP contribution in [0.1, 0.15) is 68.6 Å². The number of hydrogen-bond donors (Lipinski definition) is 2. The fourth-order valence-electron chi connectivity index (χ4n) is 5.01. The highest BCUT2D eigenvalue weighted by atomic mass is 32.2. The van der Waals surface area contributed by atoms with E-state index in [2.05, 4.69) is 15.0 Å². The number of carbonyl (C=O) groups excluding carboxylic acids is 1. The SMILES string of the molecule is Cc1nc(C2C=CC(S(=O)(=O)NC3CCC(C(=O)N[C@H](C)c4ccc(F)cc4)CC3)=C[C@H]2C)cn1C. The summed E-state index contributed by atoms with van der Waals surface area (Å²) in [6.45, 7) is 5.82. The molecule has 2 aromatic rings. The average molecular weight is 515 g/mol. The molecule has 0 radical (unpaired) electrons. The Labute approximate surface area is 212 Å². The molecule has 1 saturated carbocycles. The van der Waals surface area contributed by atoms with Crippen LogP contribution in [0.3, 0.4) is 0 Å². The lowest BCUT2D eigenvalue weighted by Crippen LogP contribution is -2.41. The minimum absolute atomic E-state index is 0.00148. The maximum Gasteiger partial charge on any atom is 0.240 e. The largest absolute Gasteiger partial charge is 0.349 e. The number of amides is 1. The molecule has 1 amide bonds. The van der Waals surface area contributed by atoms with Gasteiger partial charge in [-0.25, -0.2) is 22.5 Å². The minimum Gasteiger partial charge on any atom is -0.349 e. The van der Waals surface area contributed by atoms with E-state index < -0.39 is 10.0 Å². The van der Waals surface area contributed by atoms with Gasteiger partial charge in [0.2, 0.25) is 15.9 Å². The van der Waals surface area contributed by atoms with Gasteiger partial charge in [0, 0.05) is 31.1 Å². The van der Waals surface area contributed by atoms with Crippen LogP contribution in [0.5, 0.6) is 0 Å². The highest BCUT2D eigenvalue weighted by Crippen LogP contribution is 2.33. The Morgan fingerprint density at radius 1 is 1.17 bits per heavy atom. The molecule has 36 heavy (non-hydrogen) atoms. The number of benzene rings is 1. The summed E-state index contributed by atoms with van der Waals surface area (Å²) < 4.78 is 44.1. The number of sulfonamides is 1. The number of allylic oxidation sites excluding steroid dienone is 3. The zero-order valence-electron chi connectivity index (χ0n) is 21.2. The lowest BCUT2D eigenvalue weighted by Gasteiger charge is -2.30. The van der Waals surface area contributed by atoms with Crippen molar-refractivity contribution in [1.82, 2.24) is 19.6 Å². The van der Waals surface area contributed by atoms with Crippen molar-refractivity contribution in [3.8, 4) is 0 Å². The Kier molecular flexibility index (Phi) is 7.80. The number of nitrogens with one attached hydrogen (secondary N) is 2. The zero-order valence-corrected chi connectivity index (χ0v) is 22.1. The Hall–Kier alpha value is -2.78. The van der Waals surface area contributed by atoms with Crippen molar-refractivity contribution < 1.29 is 17.6 Å². The molecular weight excluding hydrogens is 479 g/mol. The second-order valence-electron chi connectivity index (χ2n) is 10.1. The molecule has 4 rings (SSSR count). The number of hydrogen-bond acceptors (Lipinski definition) is 4. The average Bonchev–Trinajstić information content (AvgIpc) is 3.17. The van der Waals surface area contributed by atoms with Crippen LogP contribution in [0.15, 0.2) is 53.6 Å². The first-order valence-corrected chi connectivity index (χ1v) is 14.0. The van der Waals surface area contributed by atoms with E-state index in [0.29, 0.717) is 25.7 Å². The van der Waals surface area contributed by atoms with Crippen LogP contribution < -0.4 is 10.0 Å². The standard InChI is InChI=1S/C27H35FN4O3S/c1-17-15-24(13-14-25(17)26-16-32(4)19(3)30-26)36(34,35)31-23-11-7-21(8-12-23)27(33)29-18(2)20-5-9-22(28)10-6-20/h5-6,9-10,13-18,21,23,25,31H,7-8,11-12H2,1-4H3,(H,29,33)/t17-,18-,21?,23?,25?/m1/s1. The maximum absolute atomic E-state index is 13.2. The quantitative estimate of drug-likeness (QED) is 0.573. The fourth-order valence-corrected chi connectivity index (χ4v) is 6.48. The summed E-state index contributed by atoms with van der Waals surface area (Å²) in [6, 6.07) is 5.68. The Bertz CT molecular complexity index is 1240. The van der Waals surface area contributed by atoms with Crippen LogP contribution in [0.4, 0.5) is 4.39 Å². The van der Waals surface area contributed by atoms with Gasteiger partial charge in [-0.15, -0.1) is 0 Å². The predicted molar refractivity (Wildman–Crippen MR) is 138 cm³/mol. The molecule has 0 bridgehead atoms. The Morgan fingerprint density at radius 3 is 2.42 bits per heavy atom. The van der Waals surface area contributed by atoms with Crippen LogP contribution in [-0.4, -0.2) is 29.9 Å². The zero-order chi connectivity index (χ0) is 26.0. The summed E-state index contributed by atoms with van der Waals surface area (Å²) in [4.78, 5) is 17.6. The number of carbonyl (C=O) groups is 1. The predicted octanol–water partition coefficient (Wildman–Crippen LogP) is 4.40. The number of nitrogens with zero attached hydrogens (tertiary/aromatic N) is 2. The van der Waals surface area contributed by atoms with E-state index >= 15 is 0 Å². The van der Waals surface area contributed by atoms with Crippen molar-refractivity contribution in [2.75, 3.05) is 0 Å². The summed E-state index contributed by atoms with van der Waals surface area (Å²) in [5.41, 5.74) is 1.78. The molecule has 1 unspecified atom stereocenters. The molecule has 0 aliphatic heterocycles. The van der Waals surface area contributed by atoms with Gasteiger partial charge in [0.1, 0.15) is 11.6 Å². The molecule has 194 valence electrons. The molecule has 1 aromatic heterocycles. The van der Waals surface area contributed by atoms with Crippen molar-refractivity contribution in [1.29, 1.82) is 0 Å². The smallest absolute Gasteiger partial charge is 0.240 e. The van der Waals surface area contributed by atoms with Crippen LogP contribution in [0.25, 0.3) is 0 Å². The Morgan fingerprint density at radius 2 is 1.83 bits per heavy atom. The molecule has 0 spiro atoms. The van der Waals surface area contributed by atoms with Gasteiger partial charge in [0.25, 0.3) is 0 Å². The molecule has 2 aliphatic rings. The molecule has 2 N–H and O–H groups in total. The molecule has 0 saturated heterocycles. The summed E-state index contributed by atoms with van der Waals surface area (Å²) in [7, 11) is -1.71. The van der Waals surface area contributed by atoms with E-state index in [0.717, 1.165) is 17.1 Å². The molecule has 1 fully saturated rings. The van der Waals surface area contributed by atoms with Crippen molar-refractivity contribution in [2.45, 2.75) is 64.5 Å². The third kappa shape index (κ3) is 5.95. The van der Waals surface area contributed by atoms with Gasteiger partial charge in [-0.1, -0.05) is 31.2 Å². The topological polar surface area (TPSA) is 93.1 Å². The molecule has 1 aromatic carbocycles. The molecule has 2 aliphatic carbocycles. The van der Waals surface area contributed by atoms with Crippen molar-refractivity contribution in [3.63, 3.8) is 0 Å². The number of aromatic nitrogens is 2. The third-order valence-electron chi connectivity index (χ3n) is 7.39. The van der Waals surface area contributed by atoms with Gasteiger partial charge in [0.15, 0.2) is 0 Å². The Balaban J connectivity index is 1.30. The molecular formula is C27H35FN4O3S. The number of aryl methyl sites for hydroxylation is 2. The lowest BCUT2D eigenvalue weighted by atomic mass is 9.85. The summed E-state index contributed by atoms with van der Waals surface area (Å²) in [5, 5.41) is 3.00. The summed E-state index contributed by atoms with van der Waals surface area (Å²) in [6.07, 6.45) is 9.81. The monoisotopic (exact) mass is 514 g/mol.